The summed E-state index contributed by atoms with van der Waals surface area (Å²) >= 11 is 0. The average molecular weight is 563 g/mol. The summed E-state index contributed by atoms with van der Waals surface area (Å²) in [4.78, 5) is 36.7. The number of carbonyl (C=O) groups excluding carboxylic acids is 1. The van der Waals surface area contributed by atoms with E-state index in [2.05, 4.69) is 25.6 Å². The number of anilines is 1. The number of aliphatic hydroxyl groups excluding tert-OH is 2. The zero-order valence-corrected chi connectivity index (χ0v) is 21.4. The molecule has 41 heavy (non-hydrogen) atoms. The number of rotatable bonds is 10. The Labute approximate surface area is 232 Å². The van der Waals surface area contributed by atoms with E-state index in [1.54, 1.807) is 54.6 Å². The first-order chi connectivity index (χ1) is 19.8. The van der Waals surface area contributed by atoms with E-state index in [0.29, 0.717) is 29.1 Å². The Hall–Kier alpha value is -5.37. The number of carboxylic acid groups (broad SMARTS) is 1. The SMILES string of the molecule is O=C(N[C@@H](Cc1ccccc1)C(=O)O)OCC1=C(O)C(O)[C@H](n2cnc3c(NCc4ccc(O)cc4)ncnc32)O1. The zero-order valence-electron chi connectivity index (χ0n) is 21.4. The Morgan fingerprint density at radius 2 is 1.78 bits per heavy atom. The van der Waals surface area contributed by atoms with Crippen molar-refractivity contribution in [1.82, 2.24) is 24.8 Å². The van der Waals surface area contributed by atoms with Crippen molar-refractivity contribution in [2.75, 3.05) is 11.9 Å². The number of carboxylic acids is 1. The molecular weight excluding hydrogens is 536 g/mol. The lowest BCUT2D eigenvalue weighted by Gasteiger charge is -2.18. The molecule has 5 rings (SSSR count). The Morgan fingerprint density at radius 1 is 1.02 bits per heavy atom. The van der Waals surface area contributed by atoms with Gasteiger partial charge in [-0.3, -0.25) is 4.57 Å². The van der Waals surface area contributed by atoms with Crippen LogP contribution in [0.4, 0.5) is 10.6 Å². The molecule has 1 aliphatic heterocycles. The van der Waals surface area contributed by atoms with Crippen LogP contribution >= 0.6 is 0 Å². The van der Waals surface area contributed by atoms with E-state index in [4.69, 9.17) is 9.47 Å². The van der Waals surface area contributed by atoms with E-state index >= 15 is 0 Å². The molecule has 0 radical (unpaired) electrons. The molecule has 1 amide bonds. The highest BCUT2D eigenvalue weighted by Crippen LogP contribution is 2.34. The van der Waals surface area contributed by atoms with Gasteiger partial charge in [0.05, 0.1) is 0 Å². The van der Waals surface area contributed by atoms with Crippen LogP contribution in [0.25, 0.3) is 11.2 Å². The van der Waals surface area contributed by atoms with Gasteiger partial charge in [0.1, 0.15) is 24.4 Å². The molecule has 1 aliphatic rings. The Kier molecular flexibility index (Phi) is 7.83. The number of fused-ring (bicyclic) bond motifs is 1. The number of ether oxygens (including phenoxy) is 2. The molecule has 1 unspecified atom stereocenters. The number of aromatic hydroxyl groups is 1. The van der Waals surface area contributed by atoms with Gasteiger partial charge in [0.25, 0.3) is 0 Å². The Bertz CT molecular complexity index is 1570. The molecule has 14 heteroatoms. The Balaban J connectivity index is 1.22. The molecule has 0 saturated carbocycles. The predicted octanol–water partition coefficient (Wildman–Crippen LogP) is 2.23. The summed E-state index contributed by atoms with van der Waals surface area (Å²) in [5.74, 6) is -1.44. The number of nitrogens with zero attached hydrogens (tertiary/aromatic N) is 4. The summed E-state index contributed by atoms with van der Waals surface area (Å²) in [5, 5.41) is 45.5. The highest BCUT2D eigenvalue weighted by Gasteiger charge is 2.38. The van der Waals surface area contributed by atoms with Crippen LogP contribution in [0, 0.1) is 0 Å². The van der Waals surface area contributed by atoms with Crippen LogP contribution in [0.3, 0.4) is 0 Å². The first-order valence-corrected chi connectivity index (χ1v) is 12.5. The summed E-state index contributed by atoms with van der Waals surface area (Å²) < 4.78 is 12.2. The molecule has 14 nitrogen and oxygen atoms in total. The van der Waals surface area contributed by atoms with Crippen LogP contribution in [-0.4, -0.2) is 70.8 Å². The number of aromatic nitrogens is 4. The number of hydrogen-bond donors (Lipinski definition) is 6. The standard InChI is InChI=1S/C27H26N6O8/c34-17-8-6-16(7-9-17)11-28-23-20-24(30-13-29-23)33(14-31-20)25-22(36)21(35)19(41-25)12-40-27(39)32-18(26(37)38)10-15-4-2-1-3-5-15/h1-9,13-14,18,22,25,34-36H,10-12H2,(H,32,39)(H,37,38)(H,28,29,30)/t18-,22?,25+/m0/s1. The largest absolute Gasteiger partial charge is 0.508 e. The molecule has 212 valence electrons. The third-order valence-corrected chi connectivity index (χ3v) is 6.34. The number of nitrogens with one attached hydrogen (secondary N) is 2. The van der Waals surface area contributed by atoms with Crippen LogP contribution in [-0.2, 0) is 27.2 Å². The van der Waals surface area contributed by atoms with Gasteiger partial charge in [0, 0.05) is 13.0 Å². The number of alkyl carbamates (subject to hydrolysis) is 1. The number of phenolic OH excluding ortho intramolecular Hbond substituents is 1. The van der Waals surface area contributed by atoms with E-state index in [-0.39, 0.29) is 17.9 Å². The normalized spacial score (nSPS) is 17.2. The van der Waals surface area contributed by atoms with E-state index in [0.717, 1.165) is 5.56 Å². The van der Waals surface area contributed by atoms with E-state index < -0.39 is 42.8 Å². The monoisotopic (exact) mass is 562 g/mol. The topological polar surface area (TPSA) is 201 Å². The van der Waals surface area contributed by atoms with Crippen LogP contribution < -0.4 is 10.6 Å². The van der Waals surface area contributed by atoms with Crippen molar-refractivity contribution in [3.63, 3.8) is 0 Å². The van der Waals surface area contributed by atoms with Gasteiger partial charge in [-0.05, 0) is 23.3 Å². The maximum absolute atomic E-state index is 12.3. The third-order valence-electron chi connectivity index (χ3n) is 6.34. The number of phenols is 1. The lowest BCUT2D eigenvalue weighted by atomic mass is 10.1. The lowest BCUT2D eigenvalue weighted by Crippen LogP contribution is -2.42. The molecule has 0 bridgehead atoms. The summed E-state index contributed by atoms with van der Waals surface area (Å²) in [5.41, 5.74) is 2.28. The molecular formula is C27H26N6O8. The lowest BCUT2D eigenvalue weighted by molar-refractivity contribution is -0.139. The highest BCUT2D eigenvalue weighted by atomic mass is 16.6. The fraction of sp³-hybridized carbons (Fsp3) is 0.222. The number of imidazole rings is 1. The quantitative estimate of drug-likeness (QED) is 0.165. The minimum atomic E-state index is -1.53. The van der Waals surface area contributed by atoms with Crippen LogP contribution in [0.15, 0.2) is 78.8 Å². The van der Waals surface area contributed by atoms with Gasteiger partial charge < -0.3 is 40.5 Å². The first-order valence-electron chi connectivity index (χ1n) is 12.5. The number of aliphatic hydroxyl groups is 2. The molecule has 0 spiro atoms. The second-order valence-electron chi connectivity index (χ2n) is 9.13. The minimum absolute atomic E-state index is 0.0395. The van der Waals surface area contributed by atoms with Crippen molar-refractivity contribution >= 4 is 29.0 Å². The second kappa shape index (κ2) is 11.8. The van der Waals surface area contributed by atoms with Gasteiger partial charge in [-0.15, -0.1) is 0 Å². The number of hydrogen-bond acceptors (Lipinski definition) is 11. The number of amides is 1. The van der Waals surface area contributed by atoms with Crippen molar-refractivity contribution in [2.45, 2.75) is 31.3 Å². The molecule has 0 aliphatic carbocycles. The fourth-order valence-electron chi connectivity index (χ4n) is 4.22. The van der Waals surface area contributed by atoms with Crippen molar-refractivity contribution in [3.05, 3.63) is 89.9 Å². The first kappa shape index (κ1) is 27.2. The molecule has 3 heterocycles. The molecule has 2 aromatic heterocycles. The van der Waals surface area contributed by atoms with Gasteiger partial charge >= 0.3 is 12.1 Å². The molecule has 0 fully saturated rings. The van der Waals surface area contributed by atoms with Crippen molar-refractivity contribution in [3.8, 4) is 5.75 Å². The Morgan fingerprint density at radius 3 is 2.51 bits per heavy atom. The van der Waals surface area contributed by atoms with Crippen molar-refractivity contribution < 1.29 is 39.5 Å². The molecule has 6 N–H and O–H groups in total. The maximum atomic E-state index is 12.3. The van der Waals surface area contributed by atoms with Gasteiger partial charge in [-0.1, -0.05) is 42.5 Å². The fourth-order valence-corrected chi connectivity index (χ4v) is 4.22. The van der Waals surface area contributed by atoms with Crippen molar-refractivity contribution in [1.29, 1.82) is 0 Å². The van der Waals surface area contributed by atoms with Gasteiger partial charge in [-0.2, -0.15) is 0 Å². The van der Waals surface area contributed by atoms with Crippen molar-refractivity contribution in [2.24, 2.45) is 0 Å². The smallest absolute Gasteiger partial charge is 0.408 e. The maximum Gasteiger partial charge on any atom is 0.408 e. The minimum Gasteiger partial charge on any atom is -0.508 e. The average Bonchev–Trinajstić information content (AvgIpc) is 3.52. The number of benzene rings is 2. The summed E-state index contributed by atoms with van der Waals surface area (Å²) in [6.07, 6.45) is -1.03. The van der Waals surface area contributed by atoms with Gasteiger partial charge in [0.15, 0.2) is 41.2 Å². The predicted molar refractivity (Wildman–Crippen MR) is 143 cm³/mol. The zero-order chi connectivity index (χ0) is 28.9. The van der Waals surface area contributed by atoms with Gasteiger partial charge in [-0.25, -0.2) is 24.5 Å². The molecule has 3 atom stereocenters. The highest BCUT2D eigenvalue weighted by molar-refractivity contribution is 5.83. The summed E-state index contributed by atoms with van der Waals surface area (Å²) in [6.45, 7) is -0.175. The van der Waals surface area contributed by atoms with E-state index in [1.165, 1.54) is 17.2 Å². The summed E-state index contributed by atoms with van der Waals surface area (Å²) in [7, 11) is 0. The third kappa shape index (κ3) is 6.12. The number of aliphatic carboxylic acids is 1. The molecule has 2 aromatic carbocycles. The van der Waals surface area contributed by atoms with E-state index in [1.807, 2.05) is 0 Å². The van der Waals surface area contributed by atoms with Crippen LogP contribution in [0.1, 0.15) is 17.4 Å². The number of carbonyl (C=O) groups is 2. The van der Waals surface area contributed by atoms with Crippen LogP contribution in [0.2, 0.25) is 0 Å². The molecule has 4 aromatic rings. The van der Waals surface area contributed by atoms with E-state index in [9.17, 15) is 30.0 Å². The summed E-state index contributed by atoms with van der Waals surface area (Å²) in [6, 6.07) is 14.2. The van der Waals surface area contributed by atoms with Crippen LogP contribution in [0.5, 0.6) is 5.75 Å². The molecule has 0 saturated heterocycles. The second-order valence-corrected chi connectivity index (χ2v) is 9.13. The van der Waals surface area contributed by atoms with Gasteiger partial charge in [0.2, 0.25) is 6.23 Å².